The normalized spacial score (nSPS) is 14.2. The second kappa shape index (κ2) is 5.12. The van der Waals surface area contributed by atoms with Crippen LogP contribution in [0.4, 0.5) is 5.69 Å². The molecular weight excluding hydrogens is 292 g/mol. The van der Waals surface area contributed by atoms with E-state index in [0.717, 1.165) is 35.3 Å². The van der Waals surface area contributed by atoms with Gasteiger partial charge in [0.25, 0.3) is 5.91 Å². The number of amides is 1. The molecule has 7 nitrogen and oxygen atoms in total. The average molecular weight is 308 g/mol. The quantitative estimate of drug-likeness (QED) is 0.801. The van der Waals surface area contributed by atoms with E-state index < -0.39 is 0 Å². The molecule has 1 amide bonds. The highest BCUT2D eigenvalue weighted by Gasteiger charge is 2.28. The molecule has 3 aromatic heterocycles. The number of aromatic nitrogens is 5. The van der Waals surface area contributed by atoms with Crippen molar-refractivity contribution < 1.29 is 4.79 Å². The molecule has 3 heterocycles. The van der Waals surface area contributed by atoms with Gasteiger partial charge in [-0.25, -0.2) is 15.0 Å². The Labute approximate surface area is 132 Å². The monoisotopic (exact) mass is 308 g/mol. The highest BCUT2D eigenvalue weighted by Crippen LogP contribution is 2.40. The lowest BCUT2D eigenvalue weighted by atomic mass is 10.1. The van der Waals surface area contributed by atoms with Gasteiger partial charge in [-0.1, -0.05) is 0 Å². The van der Waals surface area contributed by atoms with Gasteiger partial charge < -0.3 is 5.32 Å². The number of hydrogen-bond acceptors (Lipinski definition) is 5. The third-order valence-corrected chi connectivity index (χ3v) is 4.05. The summed E-state index contributed by atoms with van der Waals surface area (Å²) in [6.45, 7) is 1.89. The fraction of sp³-hybridized carbons (Fsp3) is 0.312. The molecule has 0 aromatic carbocycles. The second-order valence-electron chi connectivity index (χ2n) is 5.86. The molecule has 4 rings (SSSR count). The van der Waals surface area contributed by atoms with E-state index in [1.54, 1.807) is 17.1 Å². The standard InChI is InChI=1S/C16H16N6O/c1-9-14-12(16(23)19-11-6-17-8-18-7-11)5-13(10-3-4-10)20-15(14)22(2)21-9/h5-8,10H,3-4H2,1-2H3,(H,19,23). The van der Waals surface area contributed by atoms with Crippen LogP contribution in [0.25, 0.3) is 11.0 Å². The van der Waals surface area contributed by atoms with Crippen molar-refractivity contribution in [1.82, 2.24) is 24.7 Å². The van der Waals surface area contributed by atoms with Gasteiger partial charge in [0.05, 0.1) is 34.7 Å². The molecule has 0 aliphatic heterocycles. The molecule has 0 unspecified atom stereocenters. The van der Waals surface area contributed by atoms with Gasteiger partial charge in [0.1, 0.15) is 6.33 Å². The van der Waals surface area contributed by atoms with Gasteiger partial charge in [-0.05, 0) is 25.8 Å². The van der Waals surface area contributed by atoms with Gasteiger partial charge in [-0.3, -0.25) is 9.48 Å². The summed E-state index contributed by atoms with van der Waals surface area (Å²) < 4.78 is 1.74. The predicted octanol–water partition coefficient (Wildman–Crippen LogP) is 2.20. The Balaban J connectivity index is 1.82. The van der Waals surface area contributed by atoms with Crippen LogP contribution in [0, 0.1) is 6.92 Å². The van der Waals surface area contributed by atoms with Gasteiger partial charge in [0.15, 0.2) is 5.65 Å². The molecule has 0 bridgehead atoms. The Morgan fingerprint density at radius 2 is 2.04 bits per heavy atom. The lowest BCUT2D eigenvalue weighted by Crippen LogP contribution is -2.14. The molecule has 0 radical (unpaired) electrons. The second-order valence-corrected chi connectivity index (χ2v) is 5.86. The summed E-state index contributed by atoms with van der Waals surface area (Å²) >= 11 is 0. The van der Waals surface area contributed by atoms with Crippen LogP contribution in [0.5, 0.6) is 0 Å². The topological polar surface area (TPSA) is 85.6 Å². The Morgan fingerprint density at radius 3 is 2.74 bits per heavy atom. The molecule has 0 spiro atoms. The van der Waals surface area contributed by atoms with Crippen molar-refractivity contribution >= 4 is 22.6 Å². The predicted molar refractivity (Wildman–Crippen MR) is 85.2 cm³/mol. The van der Waals surface area contributed by atoms with Crippen LogP contribution in [-0.4, -0.2) is 30.6 Å². The molecule has 1 aliphatic rings. The molecule has 0 atom stereocenters. The molecule has 23 heavy (non-hydrogen) atoms. The maximum atomic E-state index is 12.8. The number of rotatable bonds is 3. The maximum absolute atomic E-state index is 12.8. The summed E-state index contributed by atoms with van der Waals surface area (Å²) in [7, 11) is 1.85. The number of hydrogen-bond donors (Lipinski definition) is 1. The summed E-state index contributed by atoms with van der Waals surface area (Å²) in [6.07, 6.45) is 6.82. The van der Waals surface area contributed by atoms with Crippen molar-refractivity contribution in [3.05, 3.63) is 41.7 Å². The van der Waals surface area contributed by atoms with E-state index in [9.17, 15) is 4.79 Å². The number of anilines is 1. The van der Waals surface area contributed by atoms with Crippen molar-refractivity contribution in [2.75, 3.05) is 5.32 Å². The van der Waals surface area contributed by atoms with E-state index in [1.165, 1.54) is 6.33 Å². The minimum Gasteiger partial charge on any atom is -0.319 e. The lowest BCUT2D eigenvalue weighted by Gasteiger charge is -2.08. The van der Waals surface area contributed by atoms with Gasteiger partial charge in [0, 0.05) is 18.7 Å². The van der Waals surface area contributed by atoms with Crippen molar-refractivity contribution in [2.45, 2.75) is 25.7 Å². The zero-order valence-electron chi connectivity index (χ0n) is 12.9. The van der Waals surface area contributed by atoms with E-state index >= 15 is 0 Å². The number of nitrogens with zero attached hydrogens (tertiary/aromatic N) is 5. The fourth-order valence-electron chi connectivity index (χ4n) is 2.79. The minimum absolute atomic E-state index is 0.190. The van der Waals surface area contributed by atoms with Crippen LogP contribution in [0.1, 0.15) is 40.5 Å². The Hall–Kier alpha value is -2.83. The van der Waals surface area contributed by atoms with Crippen molar-refractivity contribution in [2.24, 2.45) is 7.05 Å². The summed E-state index contributed by atoms with van der Waals surface area (Å²) in [4.78, 5) is 25.3. The summed E-state index contributed by atoms with van der Waals surface area (Å²) in [6, 6.07) is 1.90. The Bertz CT molecular complexity index is 898. The van der Waals surface area contributed by atoms with Gasteiger partial charge >= 0.3 is 0 Å². The fourth-order valence-corrected chi connectivity index (χ4v) is 2.79. The summed E-state index contributed by atoms with van der Waals surface area (Å²) in [5.74, 6) is 0.270. The van der Waals surface area contributed by atoms with E-state index in [1.807, 2.05) is 20.0 Å². The van der Waals surface area contributed by atoms with Crippen LogP contribution in [0.15, 0.2) is 24.8 Å². The zero-order valence-corrected chi connectivity index (χ0v) is 12.9. The Kier molecular flexibility index (Phi) is 3.07. The largest absolute Gasteiger partial charge is 0.319 e. The van der Waals surface area contributed by atoms with E-state index in [-0.39, 0.29) is 5.91 Å². The third kappa shape index (κ3) is 2.44. The first-order valence-electron chi connectivity index (χ1n) is 7.54. The minimum atomic E-state index is -0.190. The molecule has 7 heteroatoms. The molecule has 116 valence electrons. The molecule has 1 N–H and O–H groups in total. The molecule has 0 saturated heterocycles. The number of nitrogens with one attached hydrogen (secondary N) is 1. The van der Waals surface area contributed by atoms with Crippen molar-refractivity contribution in [3.63, 3.8) is 0 Å². The van der Waals surface area contributed by atoms with Crippen LogP contribution in [0.2, 0.25) is 0 Å². The average Bonchev–Trinajstić information content (AvgIpc) is 3.35. The summed E-state index contributed by atoms with van der Waals surface area (Å²) in [5, 5.41) is 8.05. The number of fused-ring (bicyclic) bond motifs is 1. The number of pyridine rings is 1. The smallest absolute Gasteiger partial charge is 0.256 e. The third-order valence-electron chi connectivity index (χ3n) is 4.05. The zero-order chi connectivity index (χ0) is 16.0. The Morgan fingerprint density at radius 1 is 1.30 bits per heavy atom. The van der Waals surface area contributed by atoms with Gasteiger partial charge in [-0.2, -0.15) is 5.10 Å². The van der Waals surface area contributed by atoms with Crippen LogP contribution in [0.3, 0.4) is 0 Å². The highest BCUT2D eigenvalue weighted by atomic mass is 16.1. The van der Waals surface area contributed by atoms with Crippen molar-refractivity contribution in [3.8, 4) is 0 Å². The summed E-state index contributed by atoms with van der Waals surface area (Å²) in [5.41, 5.74) is 3.69. The van der Waals surface area contributed by atoms with Crippen LogP contribution >= 0.6 is 0 Å². The van der Waals surface area contributed by atoms with E-state index in [0.29, 0.717) is 17.2 Å². The molecule has 1 aliphatic carbocycles. The number of carbonyl (C=O) groups excluding carboxylic acids is 1. The maximum Gasteiger partial charge on any atom is 0.256 e. The van der Waals surface area contributed by atoms with Crippen LogP contribution in [-0.2, 0) is 7.05 Å². The first-order valence-corrected chi connectivity index (χ1v) is 7.54. The van der Waals surface area contributed by atoms with E-state index in [4.69, 9.17) is 4.98 Å². The van der Waals surface area contributed by atoms with E-state index in [2.05, 4.69) is 20.4 Å². The first kappa shape index (κ1) is 13.8. The molecule has 1 saturated carbocycles. The molecular formula is C16H16N6O. The first-order chi connectivity index (χ1) is 11.1. The SMILES string of the molecule is Cc1nn(C)c2nc(C3CC3)cc(C(=O)Nc3cncnc3)c12. The molecule has 1 fully saturated rings. The van der Waals surface area contributed by atoms with Crippen molar-refractivity contribution in [1.29, 1.82) is 0 Å². The van der Waals surface area contributed by atoms with Gasteiger partial charge in [-0.15, -0.1) is 0 Å². The number of aryl methyl sites for hydroxylation is 2. The van der Waals surface area contributed by atoms with Gasteiger partial charge in [0.2, 0.25) is 0 Å². The number of carbonyl (C=O) groups is 1. The lowest BCUT2D eigenvalue weighted by molar-refractivity contribution is 0.102. The molecule has 3 aromatic rings. The van der Waals surface area contributed by atoms with Crippen LogP contribution < -0.4 is 5.32 Å². The highest BCUT2D eigenvalue weighted by molar-refractivity contribution is 6.12.